The molecule has 0 heterocycles. The Labute approximate surface area is 141 Å². The molecule has 0 saturated heterocycles. The van der Waals surface area contributed by atoms with Gasteiger partial charge in [0.15, 0.2) is 0 Å². The number of rotatable bonds is 3. The molecule has 2 aromatic rings. The Bertz CT molecular complexity index is 841. The Morgan fingerprint density at radius 2 is 1.67 bits per heavy atom. The van der Waals surface area contributed by atoms with Crippen LogP contribution >= 0.6 is 0 Å². The first-order chi connectivity index (χ1) is 11.1. The fourth-order valence-corrected chi connectivity index (χ4v) is 2.77. The zero-order valence-corrected chi connectivity index (χ0v) is 14.6. The molecule has 128 valence electrons. The molecule has 0 aliphatic carbocycles. The van der Waals surface area contributed by atoms with Crippen LogP contribution < -0.4 is 10.5 Å². The van der Waals surface area contributed by atoms with Gasteiger partial charge in [0.2, 0.25) is 10.0 Å². The van der Waals surface area contributed by atoms with Crippen molar-refractivity contribution in [2.45, 2.75) is 31.3 Å². The molecule has 0 bridgehead atoms. The number of carbonyl (C=O) groups excluding carboxylic acids is 1. The van der Waals surface area contributed by atoms with E-state index in [2.05, 4.69) is 5.32 Å². The number of primary sulfonamides is 1. The SMILES string of the molecule is CC(C)(C)OC(=O)Nc1cc(-c2ccccc2)ccc1S(N)(=O)=O. The van der Waals surface area contributed by atoms with Crippen molar-refractivity contribution in [2.24, 2.45) is 5.14 Å². The van der Waals surface area contributed by atoms with Crippen molar-refractivity contribution in [1.29, 1.82) is 0 Å². The van der Waals surface area contributed by atoms with E-state index in [0.29, 0.717) is 0 Å². The van der Waals surface area contributed by atoms with Crippen LogP contribution in [0, 0.1) is 0 Å². The van der Waals surface area contributed by atoms with Gasteiger partial charge in [-0.3, -0.25) is 5.32 Å². The summed E-state index contributed by atoms with van der Waals surface area (Å²) in [5.41, 5.74) is 0.996. The molecule has 0 aliphatic heterocycles. The maximum atomic E-state index is 12.0. The van der Waals surface area contributed by atoms with Crippen LogP contribution in [0.15, 0.2) is 53.4 Å². The monoisotopic (exact) mass is 348 g/mol. The second-order valence-corrected chi connectivity index (χ2v) is 7.78. The predicted molar refractivity (Wildman–Crippen MR) is 93.1 cm³/mol. The minimum absolute atomic E-state index is 0.0769. The summed E-state index contributed by atoms with van der Waals surface area (Å²) in [6.07, 6.45) is -0.752. The molecule has 0 aliphatic rings. The fraction of sp³-hybridized carbons (Fsp3) is 0.235. The Hall–Kier alpha value is -2.38. The number of nitrogens with one attached hydrogen (secondary N) is 1. The summed E-state index contributed by atoms with van der Waals surface area (Å²) in [6.45, 7) is 5.15. The second-order valence-electron chi connectivity index (χ2n) is 6.25. The second kappa shape index (κ2) is 6.62. The van der Waals surface area contributed by atoms with Crippen LogP contribution in [0.25, 0.3) is 11.1 Å². The molecule has 6 nitrogen and oxygen atoms in total. The summed E-state index contributed by atoms with van der Waals surface area (Å²) in [5, 5.41) is 7.69. The highest BCUT2D eigenvalue weighted by atomic mass is 32.2. The summed E-state index contributed by atoms with van der Waals surface area (Å²) in [4.78, 5) is 11.8. The maximum Gasteiger partial charge on any atom is 0.412 e. The number of anilines is 1. The van der Waals surface area contributed by atoms with Crippen molar-refractivity contribution >= 4 is 21.8 Å². The van der Waals surface area contributed by atoms with Crippen LogP contribution in [-0.2, 0) is 14.8 Å². The van der Waals surface area contributed by atoms with Gasteiger partial charge in [-0.25, -0.2) is 18.4 Å². The lowest BCUT2D eigenvalue weighted by atomic mass is 10.1. The van der Waals surface area contributed by atoms with E-state index in [-0.39, 0.29) is 10.6 Å². The first-order valence-electron chi connectivity index (χ1n) is 7.28. The molecule has 2 rings (SSSR count). The molecule has 1 amide bonds. The van der Waals surface area contributed by atoms with E-state index in [1.807, 2.05) is 30.3 Å². The van der Waals surface area contributed by atoms with E-state index in [1.165, 1.54) is 6.07 Å². The highest BCUT2D eigenvalue weighted by molar-refractivity contribution is 7.89. The summed E-state index contributed by atoms with van der Waals surface area (Å²) in [6, 6.07) is 13.9. The molecule has 0 spiro atoms. The zero-order chi connectivity index (χ0) is 18.0. The number of ether oxygens (including phenoxy) is 1. The number of benzene rings is 2. The molecule has 0 unspecified atom stereocenters. The van der Waals surface area contributed by atoms with Crippen LogP contribution in [0.2, 0.25) is 0 Å². The summed E-state index contributed by atoms with van der Waals surface area (Å²) in [5.74, 6) is 0. The van der Waals surface area contributed by atoms with Crippen molar-refractivity contribution in [3.8, 4) is 11.1 Å². The van der Waals surface area contributed by atoms with Gasteiger partial charge in [-0.1, -0.05) is 36.4 Å². The Morgan fingerprint density at radius 1 is 1.04 bits per heavy atom. The van der Waals surface area contributed by atoms with Gasteiger partial charge < -0.3 is 4.74 Å². The lowest BCUT2D eigenvalue weighted by molar-refractivity contribution is 0.0635. The number of carbonyl (C=O) groups is 1. The van der Waals surface area contributed by atoms with Gasteiger partial charge >= 0.3 is 6.09 Å². The fourth-order valence-electron chi connectivity index (χ4n) is 2.10. The quantitative estimate of drug-likeness (QED) is 0.888. The molecule has 3 N–H and O–H groups in total. The first-order valence-corrected chi connectivity index (χ1v) is 8.83. The van der Waals surface area contributed by atoms with Gasteiger partial charge in [0.25, 0.3) is 0 Å². The number of amides is 1. The predicted octanol–water partition coefficient (Wildman–Crippen LogP) is 3.35. The summed E-state index contributed by atoms with van der Waals surface area (Å²) >= 11 is 0. The van der Waals surface area contributed by atoms with Crippen LogP contribution in [0.4, 0.5) is 10.5 Å². The molecule has 7 heteroatoms. The topological polar surface area (TPSA) is 98.5 Å². The molecule has 0 radical (unpaired) electrons. The van der Waals surface area contributed by atoms with Crippen molar-refractivity contribution < 1.29 is 17.9 Å². The minimum Gasteiger partial charge on any atom is -0.444 e. The number of sulfonamides is 1. The van der Waals surface area contributed by atoms with Gasteiger partial charge in [0.05, 0.1) is 5.69 Å². The smallest absolute Gasteiger partial charge is 0.412 e. The number of hydrogen-bond donors (Lipinski definition) is 2. The lowest BCUT2D eigenvalue weighted by Crippen LogP contribution is -2.28. The molecule has 24 heavy (non-hydrogen) atoms. The van der Waals surface area contributed by atoms with Crippen LogP contribution in [0.5, 0.6) is 0 Å². The van der Waals surface area contributed by atoms with Crippen LogP contribution in [-0.4, -0.2) is 20.1 Å². The first kappa shape index (κ1) is 18.0. The largest absolute Gasteiger partial charge is 0.444 e. The average Bonchev–Trinajstić information content (AvgIpc) is 2.45. The molecule has 2 aromatic carbocycles. The molecule has 0 saturated carbocycles. The highest BCUT2D eigenvalue weighted by Gasteiger charge is 2.20. The number of hydrogen-bond acceptors (Lipinski definition) is 4. The van der Waals surface area contributed by atoms with E-state index in [9.17, 15) is 13.2 Å². The van der Waals surface area contributed by atoms with Crippen molar-refractivity contribution in [3.05, 3.63) is 48.5 Å². The van der Waals surface area contributed by atoms with Gasteiger partial charge in [0.1, 0.15) is 10.5 Å². The lowest BCUT2D eigenvalue weighted by Gasteiger charge is -2.20. The van der Waals surface area contributed by atoms with Gasteiger partial charge in [-0.05, 0) is 44.0 Å². The van der Waals surface area contributed by atoms with Crippen LogP contribution in [0.1, 0.15) is 20.8 Å². The van der Waals surface area contributed by atoms with Crippen molar-refractivity contribution in [3.63, 3.8) is 0 Å². The molecule has 0 atom stereocenters. The molecular weight excluding hydrogens is 328 g/mol. The molecule has 0 aromatic heterocycles. The molecular formula is C17H20N2O4S. The maximum absolute atomic E-state index is 12.0. The van der Waals surface area contributed by atoms with E-state index in [0.717, 1.165) is 11.1 Å². The van der Waals surface area contributed by atoms with Crippen molar-refractivity contribution in [2.75, 3.05) is 5.32 Å². The van der Waals surface area contributed by atoms with Gasteiger partial charge in [-0.15, -0.1) is 0 Å². The third kappa shape index (κ3) is 4.81. The van der Waals surface area contributed by atoms with Crippen molar-refractivity contribution in [1.82, 2.24) is 0 Å². The van der Waals surface area contributed by atoms with Gasteiger partial charge in [0, 0.05) is 0 Å². The molecule has 0 fully saturated rings. The van der Waals surface area contributed by atoms with E-state index < -0.39 is 21.7 Å². The third-order valence-corrected chi connectivity index (χ3v) is 4.00. The Kier molecular flexibility index (Phi) is 4.96. The minimum atomic E-state index is -3.99. The van der Waals surface area contributed by atoms with Gasteiger partial charge in [-0.2, -0.15) is 0 Å². The normalized spacial score (nSPS) is 11.8. The Balaban J connectivity index is 2.44. The van der Waals surface area contributed by atoms with Crippen LogP contribution in [0.3, 0.4) is 0 Å². The third-order valence-electron chi connectivity index (χ3n) is 3.03. The van der Waals surface area contributed by atoms with E-state index >= 15 is 0 Å². The highest BCUT2D eigenvalue weighted by Crippen LogP contribution is 2.28. The van der Waals surface area contributed by atoms with E-state index in [4.69, 9.17) is 9.88 Å². The summed E-state index contributed by atoms with van der Waals surface area (Å²) in [7, 11) is -3.99. The summed E-state index contributed by atoms with van der Waals surface area (Å²) < 4.78 is 28.7. The standard InChI is InChI=1S/C17H20N2O4S/c1-17(2,3)23-16(20)19-14-11-13(12-7-5-4-6-8-12)9-10-15(14)24(18,21)22/h4-11H,1-3H3,(H,19,20)(H2,18,21,22). The van der Waals surface area contributed by atoms with E-state index in [1.54, 1.807) is 32.9 Å². The average molecular weight is 348 g/mol. The number of nitrogens with two attached hydrogens (primary N) is 1. The zero-order valence-electron chi connectivity index (χ0n) is 13.7. The Morgan fingerprint density at radius 3 is 2.21 bits per heavy atom.